The third-order valence-electron chi connectivity index (χ3n) is 4.68. The number of halogens is 4. The number of anilines is 2. The highest BCUT2D eigenvalue weighted by molar-refractivity contribution is 14.1. The normalized spacial score (nSPS) is 23.4. The Bertz CT molecular complexity index is 1140. The van der Waals surface area contributed by atoms with E-state index in [1.807, 2.05) is 24.3 Å². The van der Waals surface area contributed by atoms with Crippen LogP contribution in [0.4, 0.5) is 24.7 Å². The molecule has 1 amide bonds. The van der Waals surface area contributed by atoms with Gasteiger partial charge in [0.15, 0.2) is 29.3 Å². The molecule has 1 aliphatic heterocycles. The van der Waals surface area contributed by atoms with Gasteiger partial charge in [-0.1, -0.05) is 6.07 Å². The Kier molecular flexibility index (Phi) is 6.19. The summed E-state index contributed by atoms with van der Waals surface area (Å²) >= 11 is 2.16. The lowest BCUT2D eigenvalue weighted by atomic mass is 10.1. The van der Waals surface area contributed by atoms with Gasteiger partial charge in [0.05, 0.1) is 6.33 Å². The predicted molar refractivity (Wildman–Crippen MR) is 113 cm³/mol. The Morgan fingerprint density at radius 1 is 1.22 bits per heavy atom. The van der Waals surface area contributed by atoms with E-state index in [2.05, 4.69) is 42.9 Å². The van der Waals surface area contributed by atoms with Crippen LogP contribution in [-0.4, -0.2) is 66.7 Å². The molecule has 1 fully saturated rings. The van der Waals surface area contributed by atoms with E-state index in [-0.39, 0.29) is 5.65 Å². The topological polar surface area (TPSA) is 134 Å². The number of aromatic nitrogens is 4. The van der Waals surface area contributed by atoms with Crippen LogP contribution < -0.4 is 10.6 Å². The van der Waals surface area contributed by atoms with Crippen LogP contribution in [0.15, 0.2) is 36.9 Å². The van der Waals surface area contributed by atoms with Gasteiger partial charge in [-0.25, -0.2) is 15.0 Å². The summed E-state index contributed by atoms with van der Waals surface area (Å²) in [6, 6.07) is 7.49. The maximum atomic E-state index is 12.4. The van der Waals surface area contributed by atoms with Crippen LogP contribution in [0, 0.1) is 3.57 Å². The van der Waals surface area contributed by atoms with Gasteiger partial charge in [0.25, 0.3) is 5.91 Å². The minimum Gasteiger partial charge on any atom is -0.387 e. The van der Waals surface area contributed by atoms with E-state index in [1.54, 1.807) is 5.32 Å². The number of aliphatic hydroxyl groups is 2. The van der Waals surface area contributed by atoms with Crippen molar-refractivity contribution in [2.45, 2.75) is 30.7 Å². The van der Waals surface area contributed by atoms with Gasteiger partial charge in [0.1, 0.15) is 25.1 Å². The highest BCUT2D eigenvalue weighted by atomic mass is 127. The van der Waals surface area contributed by atoms with E-state index < -0.39 is 43.2 Å². The highest BCUT2D eigenvalue weighted by Gasteiger charge is 2.48. The van der Waals surface area contributed by atoms with Crippen molar-refractivity contribution < 1.29 is 32.9 Å². The molecule has 0 aliphatic carbocycles. The standard InChI is InChI=1S/C18H16F3IN6O4/c19-18(20,21)5-23-16(31)13-11(29)12(30)17(32-13)28-7-26-10-14(24-6-25-15(10)28)27-9-3-1-2-8(22)4-9/h1-4,6-7,11-13,17,29-30H,5H2,(H,23,31)(H,24,25,27)/t11-,12+,13-,17?/m0/s1. The predicted octanol–water partition coefficient (Wildman–Crippen LogP) is 1.47. The number of rotatable bonds is 5. The fourth-order valence-electron chi connectivity index (χ4n) is 3.23. The maximum Gasteiger partial charge on any atom is 0.405 e. The molecule has 4 N–H and O–H groups in total. The van der Waals surface area contributed by atoms with Crippen molar-refractivity contribution >= 4 is 51.2 Å². The molecule has 1 aromatic carbocycles. The van der Waals surface area contributed by atoms with Gasteiger partial charge in [-0.2, -0.15) is 13.2 Å². The van der Waals surface area contributed by atoms with Crippen molar-refractivity contribution in [3.8, 4) is 0 Å². The highest BCUT2D eigenvalue weighted by Crippen LogP contribution is 2.33. The van der Waals surface area contributed by atoms with Crippen LogP contribution in [0.1, 0.15) is 6.23 Å². The van der Waals surface area contributed by atoms with E-state index in [0.29, 0.717) is 11.3 Å². The van der Waals surface area contributed by atoms with Gasteiger partial charge in [-0.05, 0) is 40.8 Å². The molecule has 2 aromatic heterocycles. The Balaban J connectivity index is 1.58. The van der Waals surface area contributed by atoms with Gasteiger partial charge in [-0.3, -0.25) is 9.36 Å². The molecule has 1 aliphatic rings. The number of aliphatic hydroxyl groups excluding tert-OH is 2. The van der Waals surface area contributed by atoms with Crippen molar-refractivity contribution in [3.05, 3.63) is 40.5 Å². The van der Waals surface area contributed by atoms with Crippen molar-refractivity contribution in [1.29, 1.82) is 0 Å². The number of nitrogens with zero attached hydrogens (tertiary/aromatic N) is 4. The zero-order chi connectivity index (χ0) is 23.0. The number of hydrogen-bond acceptors (Lipinski definition) is 8. The average molecular weight is 564 g/mol. The van der Waals surface area contributed by atoms with Crippen molar-refractivity contribution in [2.75, 3.05) is 11.9 Å². The Hall–Kier alpha value is -2.56. The molecule has 10 nitrogen and oxygen atoms in total. The van der Waals surface area contributed by atoms with Gasteiger partial charge < -0.3 is 25.6 Å². The van der Waals surface area contributed by atoms with Crippen LogP contribution in [0.2, 0.25) is 0 Å². The van der Waals surface area contributed by atoms with E-state index in [9.17, 15) is 28.2 Å². The molecule has 14 heteroatoms. The summed E-state index contributed by atoms with van der Waals surface area (Å²) in [4.78, 5) is 24.6. The number of fused-ring (bicyclic) bond motifs is 1. The lowest BCUT2D eigenvalue weighted by molar-refractivity contribution is -0.149. The number of alkyl halides is 3. The molecular weight excluding hydrogens is 548 g/mol. The number of amides is 1. The smallest absolute Gasteiger partial charge is 0.387 e. The first-order valence-corrected chi connectivity index (χ1v) is 10.3. The molecular formula is C18H16F3IN6O4. The molecule has 1 saturated heterocycles. The Morgan fingerprint density at radius 2 is 2.00 bits per heavy atom. The van der Waals surface area contributed by atoms with E-state index in [1.165, 1.54) is 17.2 Å². The molecule has 0 spiro atoms. The molecule has 170 valence electrons. The number of ether oxygens (including phenoxy) is 1. The second kappa shape index (κ2) is 8.76. The van der Waals surface area contributed by atoms with Crippen LogP contribution >= 0.6 is 22.6 Å². The fraction of sp³-hybridized carbons (Fsp3) is 0.333. The average Bonchev–Trinajstić information content (AvgIpc) is 3.28. The van der Waals surface area contributed by atoms with Crippen LogP contribution in [0.5, 0.6) is 0 Å². The Morgan fingerprint density at radius 3 is 2.72 bits per heavy atom. The quantitative estimate of drug-likeness (QED) is 0.343. The summed E-state index contributed by atoms with van der Waals surface area (Å²) < 4.78 is 44.8. The summed E-state index contributed by atoms with van der Waals surface area (Å²) in [7, 11) is 0. The first-order chi connectivity index (χ1) is 15.1. The number of hydrogen-bond donors (Lipinski definition) is 4. The molecule has 32 heavy (non-hydrogen) atoms. The second-order valence-electron chi connectivity index (χ2n) is 6.94. The SMILES string of the molecule is O=C(NCC(F)(F)F)[C@H]1OC(n2cnc3c(Nc4cccc(I)c4)ncnc32)[C@H](O)[C@@H]1O. The monoisotopic (exact) mass is 564 g/mol. The largest absolute Gasteiger partial charge is 0.405 e. The van der Waals surface area contributed by atoms with E-state index in [4.69, 9.17) is 4.74 Å². The van der Waals surface area contributed by atoms with Crippen molar-refractivity contribution in [1.82, 2.24) is 24.8 Å². The number of carbonyl (C=O) groups is 1. The minimum atomic E-state index is -4.63. The summed E-state index contributed by atoms with van der Waals surface area (Å²) in [6.07, 6.45) is -8.49. The fourth-order valence-corrected chi connectivity index (χ4v) is 3.77. The summed E-state index contributed by atoms with van der Waals surface area (Å²) in [5.41, 5.74) is 1.29. The van der Waals surface area contributed by atoms with Gasteiger partial charge in [0, 0.05) is 9.26 Å². The zero-order valence-corrected chi connectivity index (χ0v) is 18.1. The van der Waals surface area contributed by atoms with E-state index in [0.717, 1.165) is 9.26 Å². The number of carbonyl (C=O) groups excluding carboxylic acids is 1. The first-order valence-electron chi connectivity index (χ1n) is 9.20. The molecule has 3 aromatic rings. The summed E-state index contributed by atoms with van der Waals surface area (Å²) in [5, 5.41) is 25.3. The summed E-state index contributed by atoms with van der Waals surface area (Å²) in [6.45, 7) is -1.59. The molecule has 4 rings (SSSR count). The van der Waals surface area contributed by atoms with Crippen LogP contribution in [-0.2, 0) is 9.53 Å². The molecule has 3 heterocycles. The van der Waals surface area contributed by atoms with Gasteiger partial charge >= 0.3 is 6.18 Å². The van der Waals surface area contributed by atoms with Crippen molar-refractivity contribution in [2.24, 2.45) is 0 Å². The molecule has 0 saturated carbocycles. The summed E-state index contributed by atoms with van der Waals surface area (Å²) in [5.74, 6) is -0.834. The Labute approximate surface area is 192 Å². The van der Waals surface area contributed by atoms with E-state index >= 15 is 0 Å². The van der Waals surface area contributed by atoms with Gasteiger partial charge in [0.2, 0.25) is 0 Å². The molecule has 4 atom stereocenters. The number of nitrogens with one attached hydrogen (secondary N) is 2. The number of benzene rings is 1. The molecule has 0 radical (unpaired) electrons. The lowest BCUT2D eigenvalue weighted by Crippen LogP contribution is -2.45. The molecule has 1 unspecified atom stereocenters. The third-order valence-corrected chi connectivity index (χ3v) is 5.35. The lowest BCUT2D eigenvalue weighted by Gasteiger charge is -2.16. The van der Waals surface area contributed by atoms with Gasteiger partial charge in [-0.15, -0.1) is 0 Å². The first kappa shape index (κ1) is 22.6. The van der Waals surface area contributed by atoms with Crippen LogP contribution in [0.3, 0.4) is 0 Å². The third kappa shape index (κ3) is 4.62. The second-order valence-corrected chi connectivity index (χ2v) is 8.19. The maximum absolute atomic E-state index is 12.4. The zero-order valence-electron chi connectivity index (χ0n) is 16.0. The van der Waals surface area contributed by atoms with Crippen LogP contribution in [0.25, 0.3) is 11.2 Å². The van der Waals surface area contributed by atoms with Crippen molar-refractivity contribution in [3.63, 3.8) is 0 Å². The molecule has 0 bridgehead atoms. The number of imidazole rings is 1. The minimum absolute atomic E-state index is 0.223.